The van der Waals surface area contributed by atoms with E-state index in [2.05, 4.69) is 10.3 Å². The molecule has 0 spiro atoms. The van der Waals surface area contributed by atoms with Gasteiger partial charge in [-0.1, -0.05) is 42.5 Å². The molecule has 3 aromatic rings. The van der Waals surface area contributed by atoms with E-state index in [0.29, 0.717) is 25.9 Å². The number of carbonyl (C=O) groups is 3. The zero-order valence-corrected chi connectivity index (χ0v) is 21.9. The second-order valence-electron chi connectivity index (χ2n) is 10.4. The molecular formula is C28H34N4O6. The van der Waals surface area contributed by atoms with Crippen molar-refractivity contribution in [2.24, 2.45) is 0 Å². The number of amides is 2. The predicted molar refractivity (Wildman–Crippen MR) is 141 cm³/mol. The van der Waals surface area contributed by atoms with Crippen LogP contribution in [0.1, 0.15) is 51.6 Å². The minimum Gasteiger partial charge on any atom is -0.461 e. The molecule has 0 bridgehead atoms. The highest BCUT2D eigenvalue weighted by atomic mass is 16.6. The fourth-order valence-electron chi connectivity index (χ4n) is 4.62. The molecule has 1 atom stereocenters. The van der Waals surface area contributed by atoms with Gasteiger partial charge in [-0.25, -0.2) is 9.59 Å². The maximum Gasteiger partial charge on any atom is 0.408 e. The lowest BCUT2D eigenvalue weighted by Crippen LogP contribution is -2.52. The fraction of sp³-hybridized carbons (Fsp3) is 0.429. The SMILES string of the molecule is CC(C)(C)OC(=O)NC(CC(=O)OCc1ccccc1)C(=O)N1CCC(n2c(=O)[nH]c3ccccc32)CC1. The van der Waals surface area contributed by atoms with Gasteiger partial charge in [0.25, 0.3) is 0 Å². The van der Waals surface area contributed by atoms with Gasteiger partial charge in [-0.05, 0) is 51.3 Å². The number of H-pyrrole nitrogens is 1. The standard InChI is InChI=1S/C28H34N4O6/c1-28(2,3)38-27(36)30-22(17-24(33)37-18-19-9-5-4-6-10-19)25(34)31-15-13-20(14-16-31)32-23-12-8-7-11-21(23)29-26(32)35/h4-12,20,22H,13-18H2,1-3H3,(H,29,35)(H,30,36). The number of aromatic amines is 1. The molecule has 2 heterocycles. The number of piperidine rings is 1. The van der Waals surface area contributed by atoms with Gasteiger partial charge in [0.2, 0.25) is 5.91 Å². The van der Waals surface area contributed by atoms with E-state index in [0.717, 1.165) is 16.6 Å². The molecule has 1 aromatic heterocycles. The van der Waals surface area contributed by atoms with E-state index >= 15 is 0 Å². The average Bonchev–Trinajstić information content (AvgIpc) is 3.22. The molecule has 4 rings (SSSR count). The molecule has 2 amide bonds. The summed E-state index contributed by atoms with van der Waals surface area (Å²) in [7, 11) is 0. The highest BCUT2D eigenvalue weighted by Crippen LogP contribution is 2.25. The van der Waals surface area contributed by atoms with Crippen LogP contribution in [-0.4, -0.2) is 57.2 Å². The minimum atomic E-state index is -1.14. The summed E-state index contributed by atoms with van der Waals surface area (Å²) in [6.07, 6.45) is 0.00936. The van der Waals surface area contributed by atoms with Crippen molar-refractivity contribution in [3.63, 3.8) is 0 Å². The Kier molecular flexibility index (Phi) is 8.19. The minimum absolute atomic E-state index is 0.0673. The number of fused-ring (bicyclic) bond motifs is 1. The molecule has 202 valence electrons. The first-order chi connectivity index (χ1) is 18.1. The number of para-hydroxylation sites is 2. The summed E-state index contributed by atoms with van der Waals surface area (Å²) in [6, 6.07) is 15.5. The lowest BCUT2D eigenvalue weighted by Gasteiger charge is -2.34. The maximum atomic E-state index is 13.5. The normalized spacial score (nSPS) is 15.2. The fourth-order valence-corrected chi connectivity index (χ4v) is 4.62. The molecule has 1 aliphatic rings. The highest BCUT2D eigenvalue weighted by molar-refractivity contribution is 5.89. The van der Waals surface area contributed by atoms with Crippen LogP contribution in [0.15, 0.2) is 59.4 Å². The van der Waals surface area contributed by atoms with Crippen LogP contribution in [0.3, 0.4) is 0 Å². The van der Waals surface area contributed by atoms with Gasteiger partial charge in [0, 0.05) is 19.1 Å². The van der Waals surface area contributed by atoms with Gasteiger partial charge in [0.1, 0.15) is 18.2 Å². The van der Waals surface area contributed by atoms with Crippen molar-refractivity contribution in [1.82, 2.24) is 19.8 Å². The Bertz CT molecular complexity index is 1330. The number of rotatable bonds is 7. The molecule has 0 radical (unpaired) electrons. The van der Waals surface area contributed by atoms with Crippen LogP contribution in [0.4, 0.5) is 4.79 Å². The number of aromatic nitrogens is 2. The first kappa shape index (κ1) is 27.0. The average molecular weight is 523 g/mol. The second-order valence-corrected chi connectivity index (χ2v) is 10.4. The Labute approximate surface area is 220 Å². The van der Waals surface area contributed by atoms with E-state index in [9.17, 15) is 19.2 Å². The molecule has 2 aromatic carbocycles. The van der Waals surface area contributed by atoms with Crippen molar-refractivity contribution in [2.75, 3.05) is 13.1 Å². The summed E-state index contributed by atoms with van der Waals surface area (Å²) in [4.78, 5) is 55.7. The first-order valence-corrected chi connectivity index (χ1v) is 12.8. The van der Waals surface area contributed by atoms with Gasteiger partial charge in [-0.2, -0.15) is 0 Å². The Balaban J connectivity index is 1.42. The number of esters is 1. The van der Waals surface area contributed by atoms with Gasteiger partial charge in [-0.15, -0.1) is 0 Å². The molecule has 0 aliphatic carbocycles. The van der Waals surface area contributed by atoms with Crippen molar-refractivity contribution in [2.45, 2.75) is 64.3 Å². The molecule has 1 aliphatic heterocycles. The summed E-state index contributed by atoms with van der Waals surface area (Å²) < 4.78 is 12.4. The lowest BCUT2D eigenvalue weighted by molar-refractivity contribution is -0.148. The molecule has 2 N–H and O–H groups in total. The van der Waals surface area contributed by atoms with Crippen molar-refractivity contribution in [3.8, 4) is 0 Å². The van der Waals surface area contributed by atoms with Gasteiger partial charge < -0.3 is 24.7 Å². The second kappa shape index (κ2) is 11.5. The van der Waals surface area contributed by atoms with E-state index in [1.54, 1.807) is 30.2 Å². The number of nitrogens with one attached hydrogen (secondary N) is 2. The van der Waals surface area contributed by atoms with Crippen LogP contribution in [0.2, 0.25) is 0 Å². The van der Waals surface area contributed by atoms with Crippen LogP contribution in [0.5, 0.6) is 0 Å². The van der Waals surface area contributed by atoms with Gasteiger partial charge in [-0.3, -0.25) is 14.2 Å². The number of ether oxygens (including phenoxy) is 2. The number of imidazole rings is 1. The van der Waals surface area contributed by atoms with E-state index in [1.807, 2.05) is 54.6 Å². The highest BCUT2D eigenvalue weighted by Gasteiger charge is 2.33. The third-order valence-electron chi connectivity index (χ3n) is 6.37. The third kappa shape index (κ3) is 6.81. The Morgan fingerprint density at radius 1 is 1.03 bits per heavy atom. The monoisotopic (exact) mass is 522 g/mol. The number of carbonyl (C=O) groups excluding carboxylic acids is 3. The van der Waals surface area contributed by atoms with Crippen LogP contribution in [0, 0.1) is 0 Å². The van der Waals surface area contributed by atoms with Gasteiger partial charge in [0.05, 0.1) is 17.5 Å². The summed E-state index contributed by atoms with van der Waals surface area (Å²) in [5.74, 6) is -0.999. The zero-order valence-electron chi connectivity index (χ0n) is 21.9. The van der Waals surface area contributed by atoms with E-state index < -0.39 is 29.6 Å². The summed E-state index contributed by atoms with van der Waals surface area (Å²) in [6.45, 7) is 5.97. The van der Waals surface area contributed by atoms with E-state index in [-0.39, 0.29) is 24.8 Å². The first-order valence-electron chi connectivity index (χ1n) is 12.8. The molecule has 38 heavy (non-hydrogen) atoms. The van der Waals surface area contributed by atoms with E-state index in [1.165, 1.54) is 0 Å². The predicted octanol–water partition coefficient (Wildman–Crippen LogP) is 3.52. The van der Waals surface area contributed by atoms with Crippen LogP contribution < -0.4 is 11.0 Å². The van der Waals surface area contributed by atoms with Crippen LogP contribution in [-0.2, 0) is 25.7 Å². The smallest absolute Gasteiger partial charge is 0.408 e. The topological polar surface area (TPSA) is 123 Å². The number of hydrogen-bond donors (Lipinski definition) is 2. The van der Waals surface area contributed by atoms with Crippen molar-refractivity contribution in [3.05, 3.63) is 70.6 Å². The van der Waals surface area contributed by atoms with Crippen molar-refractivity contribution in [1.29, 1.82) is 0 Å². The molecular weight excluding hydrogens is 488 g/mol. The molecule has 0 saturated carbocycles. The number of likely N-dealkylation sites (tertiary alicyclic amines) is 1. The largest absolute Gasteiger partial charge is 0.461 e. The zero-order chi connectivity index (χ0) is 27.3. The summed E-state index contributed by atoms with van der Waals surface area (Å²) in [5.41, 5.74) is 1.47. The Morgan fingerprint density at radius 2 is 1.68 bits per heavy atom. The molecule has 1 unspecified atom stereocenters. The third-order valence-corrected chi connectivity index (χ3v) is 6.37. The number of benzene rings is 2. The summed E-state index contributed by atoms with van der Waals surface area (Å²) in [5, 5.41) is 2.56. The van der Waals surface area contributed by atoms with Crippen molar-refractivity contribution >= 4 is 29.0 Å². The van der Waals surface area contributed by atoms with Crippen molar-refractivity contribution < 1.29 is 23.9 Å². The molecule has 1 saturated heterocycles. The van der Waals surface area contributed by atoms with Crippen LogP contribution in [0.25, 0.3) is 11.0 Å². The van der Waals surface area contributed by atoms with Gasteiger partial charge >= 0.3 is 17.8 Å². The van der Waals surface area contributed by atoms with Gasteiger partial charge in [0.15, 0.2) is 0 Å². The molecule has 10 heteroatoms. The number of nitrogens with zero attached hydrogens (tertiary/aromatic N) is 2. The summed E-state index contributed by atoms with van der Waals surface area (Å²) >= 11 is 0. The van der Waals surface area contributed by atoms with Crippen LogP contribution >= 0.6 is 0 Å². The number of hydrogen-bond acceptors (Lipinski definition) is 6. The maximum absolute atomic E-state index is 13.5. The Morgan fingerprint density at radius 3 is 2.37 bits per heavy atom. The molecule has 1 fully saturated rings. The van der Waals surface area contributed by atoms with E-state index in [4.69, 9.17) is 9.47 Å². The molecule has 10 nitrogen and oxygen atoms in total. The quantitative estimate of drug-likeness (QED) is 0.458. The lowest BCUT2D eigenvalue weighted by atomic mass is 10.0. The number of alkyl carbamates (subject to hydrolysis) is 1. The Hall–Kier alpha value is -4.08.